The first-order chi connectivity index (χ1) is 12.0. The molecule has 0 atom stereocenters. The lowest BCUT2D eigenvalue weighted by atomic mass is 10.1. The van der Waals surface area contributed by atoms with Gasteiger partial charge in [-0.25, -0.2) is 8.42 Å². The molecule has 2 aliphatic heterocycles. The Kier molecular flexibility index (Phi) is 6.14. The predicted molar refractivity (Wildman–Crippen MR) is 99.3 cm³/mol. The number of carbonyl (C=O) groups is 1. The summed E-state index contributed by atoms with van der Waals surface area (Å²) in [5.74, 6) is 0.0957. The molecule has 1 amide bonds. The van der Waals surface area contributed by atoms with Crippen molar-refractivity contribution in [1.29, 1.82) is 0 Å². The highest BCUT2D eigenvalue weighted by molar-refractivity contribution is 7.91. The van der Waals surface area contributed by atoms with Crippen molar-refractivity contribution in [3.63, 3.8) is 0 Å². The maximum Gasteiger partial charge on any atom is 0.252 e. The number of amides is 1. The zero-order valence-electron chi connectivity index (χ0n) is 14.7. The molecule has 0 bridgehead atoms. The fourth-order valence-corrected chi connectivity index (χ4v) is 6.52. The Hall–Kier alpha value is -0.960. The van der Waals surface area contributed by atoms with E-state index in [0.717, 1.165) is 50.1 Å². The number of likely N-dealkylation sites (tertiary alicyclic amines) is 1. The van der Waals surface area contributed by atoms with Crippen LogP contribution >= 0.6 is 11.3 Å². The summed E-state index contributed by atoms with van der Waals surface area (Å²) in [7, 11) is -1.44. The molecule has 0 aliphatic carbocycles. The molecule has 140 valence electrons. The van der Waals surface area contributed by atoms with E-state index in [1.165, 1.54) is 11.3 Å². The summed E-state index contributed by atoms with van der Waals surface area (Å²) in [6.45, 7) is 2.76. The third kappa shape index (κ3) is 4.42. The third-order valence-corrected chi connectivity index (χ3v) is 8.58. The van der Waals surface area contributed by atoms with Crippen molar-refractivity contribution in [2.75, 3.05) is 33.2 Å². The number of rotatable bonds is 5. The van der Waals surface area contributed by atoms with E-state index in [0.29, 0.717) is 29.8 Å². The number of hydrogen-bond acceptors (Lipinski definition) is 5. The van der Waals surface area contributed by atoms with Crippen LogP contribution in [0.3, 0.4) is 0 Å². The van der Waals surface area contributed by atoms with Gasteiger partial charge in [0.2, 0.25) is 5.91 Å². The Bertz CT molecular complexity index is 688. The van der Waals surface area contributed by atoms with Gasteiger partial charge in [0, 0.05) is 37.1 Å². The van der Waals surface area contributed by atoms with Gasteiger partial charge >= 0.3 is 0 Å². The fraction of sp³-hybridized carbons (Fsp3) is 0.706. The molecule has 1 aromatic heterocycles. The van der Waals surface area contributed by atoms with Gasteiger partial charge in [0.1, 0.15) is 4.21 Å². The van der Waals surface area contributed by atoms with Gasteiger partial charge in [-0.1, -0.05) is 6.42 Å². The van der Waals surface area contributed by atoms with Crippen LogP contribution in [0, 0.1) is 0 Å². The lowest BCUT2D eigenvalue weighted by Crippen LogP contribution is -2.44. The minimum Gasteiger partial charge on any atom is -0.342 e. The number of piperidine rings is 2. The molecule has 0 radical (unpaired) electrons. The maximum absolute atomic E-state index is 12.7. The van der Waals surface area contributed by atoms with Crippen LogP contribution in [0.2, 0.25) is 0 Å². The molecule has 2 fully saturated rings. The average molecular weight is 386 g/mol. The second-order valence-electron chi connectivity index (χ2n) is 6.81. The van der Waals surface area contributed by atoms with Crippen LogP contribution in [0.5, 0.6) is 0 Å². The lowest BCUT2D eigenvalue weighted by Gasteiger charge is -2.31. The van der Waals surface area contributed by atoms with E-state index in [-0.39, 0.29) is 5.91 Å². The molecule has 0 saturated carbocycles. The van der Waals surface area contributed by atoms with Crippen molar-refractivity contribution in [1.82, 2.24) is 14.5 Å². The zero-order chi connectivity index (χ0) is 17.9. The van der Waals surface area contributed by atoms with Crippen molar-refractivity contribution < 1.29 is 13.2 Å². The van der Waals surface area contributed by atoms with Crippen LogP contribution in [0.1, 0.15) is 37.0 Å². The van der Waals surface area contributed by atoms with E-state index in [2.05, 4.69) is 5.32 Å². The normalized spacial score (nSPS) is 20.8. The van der Waals surface area contributed by atoms with E-state index in [1.807, 2.05) is 11.9 Å². The van der Waals surface area contributed by atoms with Gasteiger partial charge in [0.05, 0.1) is 6.42 Å². The molecule has 0 aromatic carbocycles. The standard InChI is InChI=1S/C17H27N3O3S2/c1-18-14-7-11-19(12-8-14)16(21)13-15-5-6-17(24-15)25(22,23)20-9-3-2-4-10-20/h5-6,14,18H,2-4,7-13H2,1H3. The first-order valence-corrected chi connectivity index (χ1v) is 11.3. The van der Waals surface area contributed by atoms with Gasteiger partial charge in [-0.05, 0) is 44.9 Å². The van der Waals surface area contributed by atoms with Crippen LogP contribution in [-0.2, 0) is 21.2 Å². The van der Waals surface area contributed by atoms with Gasteiger partial charge < -0.3 is 10.2 Å². The Morgan fingerprint density at radius 3 is 2.48 bits per heavy atom. The summed E-state index contributed by atoms with van der Waals surface area (Å²) in [5.41, 5.74) is 0. The molecular formula is C17H27N3O3S2. The van der Waals surface area contributed by atoms with Crippen molar-refractivity contribution in [2.45, 2.75) is 48.8 Å². The van der Waals surface area contributed by atoms with Crippen molar-refractivity contribution in [3.8, 4) is 0 Å². The summed E-state index contributed by atoms with van der Waals surface area (Å²) in [6.07, 6.45) is 5.20. The van der Waals surface area contributed by atoms with Gasteiger partial charge in [-0.2, -0.15) is 4.31 Å². The first-order valence-electron chi connectivity index (χ1n) is 9.04. The number of nitrogens with zero attached hydrogens (tertiary/aromatic N) is 2. The molecule has 2 saturated heterocycles. The van der Waals surface area contributed by atoms with Crippen LogP contribution in [0.15, 0.2) is 16.3 Å². The molecule has 2 aliphatic rings. The smallest absolute Gasteiger partial charge is 0.252 e. The molecule has 1 N–H and O–H groups in total. The zero-order valence-corrected chi connectivity index (χ0v) is 16.4. The molecule has 1 aromatic rings. The highest BCUT2D eigenvalue weighted by atomic mass is 32.2. The van der Waals surface area contributed by atoms with Gasteiger partial charge in [0.15, 0.2) is 0 Å². The first kappa shape index (κ1) is 18.8. The van der Waals surface area contributed by atoms with E-state index in [9.17, 15) is 13.2 Å². The van der Waals surface area contributed by atoms with E-state index >= 15 is 0 Å². The van der Waals surface area contributed by atoms with Crippen molar-refractivity contribution in [3.05, 3.63) is 17.0 Å². The quantitative estimate of drug-likeness (QED) is 0.837. The molecule has 0 spiro atoms. The molecule has 25 heavy (non-hydrogen) atoms. The number of carbonyl (C=O) groups excluding carboxylic acids is 1. The van der Waals surface area contributed by atoms with Crippen LogP contribution in [0.4, 0.5) is 0 Å². The van der Waals surface area contributed by atoms with Gasteiger partial charge in [0.25, 0.3) is 10.0 Å². The summed E-state index contributed by atoms with van der Waals surface area (Å²) in [6, 6.07) is 3.94. The Balaban J connectivity index is 1.60. The van der Waals surface area contributed by atoms with Crippen LogP contribution in [0.25, 0.3) is 0 Å². The summed E-state index contributed by atoms with van der Waals surface area (Å²) in [4.78, 5) is 15.2. The molecular weight excluding hydrogens is 358 g/mol. The Morgan fingerprint density at radius 2 is 1.84 bits per heavy atom. The Labute approximate surface area is 154 Å². The van der Waals surface area contributed by atoms with Crippen molar-refractivity contribution >= 4 is 27.3 Å². The number of sulfonamides is 1. The fourth-order valence-electron chi connectivity index (χ4n) is 3.50. The third-order valence-electron chi connectivity index (χ3n) is 5.13. The van der Waals surface area contributed by atoms with Crippen LogP contribution in [-0.4, -0.2) is 62.8 Å². The van der Waals surface area contributed by atoms with Crippen LogP contribution < -0.4 is 5.32 Å². The molecule has 3 rings (SSSR count). The second kappa shape index (κ2) is 8.16. The number of thiophene rings is 1. The minimum atomic E-state index is -3.39. The largest absolute Gasteiger partial charge is 0.342 e. The Morgan fingerprint density at radius 1 is 1.16 bits per heavy atom. The molecule has 8 heteroatoms. The number of nitrogens with one attached hydrogen (secondary N) is 1. The molecule has 3 heterocycles. The average Bonchev–Trinajstić information content (AvgIpc) is 3.12. The SMILES string of the molecule is CNC1CCN(C(=O)Cc2ccc(S(=O)(=O)N3CCCCC3)s2)CC1. The summed E-state index contributed by atoms with van der Waals surface area (Å²) < 4.78 is 27.3. The maximum atomic E-state index is 12.7. The van der Waals surface area contributed by atoms with Gasteiger partial charge in [-0.3, -0.25) is 4.79 Å². The summed E-state index contributed by atoms with van der Waals surface area (Å²) >= 11 is 1.24. The van der Waals surface area contributed by atoms with E-state index < -0.39 is 10.0 Å². The van der Waals surface area contributed by atoms with E-state index in [1.54, 1.807) is 16.4 Å². The monoisotopic (exact) mass is 385 g/mol. The topological polar surface area (TPSA) is 69.7 Å². The lowest BCUT2D eigenvalue weighted by molar-refractivity contribution is -0.131. The van der Waals surface area contributed by atoms with Crippen molar-refractivity contribution in [2.24, 2.45) is 0 Å². The highest BCUT2D eigenvalue weighted by Gasteiger charge is 2.28. The predicted octanol–water partition coefficient (Wildman–Crippen LogP) is 1.68. The minimum absolute atomic E-state index is 0.0957. The highest BCUT2D eigenvalue weighted by Crippen LogP contribution is 2.27. The second-order valence-corrected chi connectivity index (χ2v) is 10.1. The number of hydrogen-bond donors (Lipinski definition) is 1. The van der Waals surface area contributed by atoms with E-state index in [4.69, 9.17) is 0 Å². The molecule has 0 unspecified atom stereocenters. The van der Waals surface area contributed by atoms with Gasteiger partial charge in [-0.15, -0.1) is 11.3 Å². The molecule has 6 nitrogen and oxygen atoms in total. The summed E-state index contributed by atoms with van der Waals surface area (Å²) in [5, 5.41) is 3.26.